The van der Waals surface area contributed by atoms with Gasteiger partial charge in [0.15, 0.2) is 0 Å². The Morgan fingerprint density at radius 1 is 0.879 bits per heavy atom. The molecule has 1 N–H and O–H groups in total. The molecule has 0 saturated carbocycles. The summed E-state index contributed by atoms with van der Waals surface area (Å²) in [5.41, 5.74) is 5.81. The van der Waals surface area contributed by atoms with Crippen LogP contribution in [0.5, 0.6) is 0 Å². The van der Waals surface area contributed by atoms with Crippen molar-refractivity contribution in [1.82, 2.24) is 4.90 Å². The maximum atomic E-state index is 13.0. The number of rotatable bonds is 5. The molecule has 33 heavy (non-hydrogen) atoms. The number of fused-ring (bicyclic) bond motifs is 3. The number of likely N-dealkylation sites (tertiary alicyclic amines) is 1. The summed E-state index contributed by atoms with van der Waals surface area (Å²) >= 11 is 0. The highest BCUT2D eigenvalue weighted by Crippen LogP contribution is 2.44. The topological polar surface area (TPSA) is 66.8 Å². The molecule has 3 aromatic rings. The number of carboxylic acid groups (broad SMARTS) is 1. The van der Waals surface area contributed by atoms with Gasteiger partial charge in [-0.1, -0.05) is 78.9 Å². The van der Waals surface area contributed by atoms with Crippen molar-refractivity contribution in [1.29, 1.82) is 0 Å². The van der Waals surface area contributed by atoms with E-state index in [2.05, 4.69) is 36.4 Å². The SMILES string of the molecule is O=C(O)[C@@H]1C[C@H](Cc2ccccc2)CCN1C(=O)OCC1c2ccccc2-c2ccccc21. The van der Waals surface area contributed by atoms with Crippen molar-refractivity contribution in [3.63, 3.8) is 0 Å². The van der Waals surface area contributed by atoms with Gasteiger partial charge in [0.25, 0.3) is 0 Å². The Bertz CT molecular complexity index is 1110. The normalized spacial score (nSPS) is 19.6. The minimum Gasteiger partial charge on any atom is -0.480 e. The van der Waals surface area contributed by atoms with E-state index in [4.69, 9.17) is 4.74 Å². The first-order chi connectivity index (χ1) is 16.1. The van der Waals surface area contributed by atoms with Gasteiger partial charge in [-0.2, -0.15) is 0 Å². The lowest BCUT2D eigenvalue weighted by atomic mass is 9.86. The third-order valence-corrected chi connectivity index (χ3v) is 6.93. The highest BCUT2D eigenvalue weighted by molar-refractivity contribution is 5.81. The first-order valence-corrected chi connectivity index (χ1v) is 11.5. The van der Waals surface area contributed by atoms with Crippen LogP contribution in [0, 0.1) is 5.92 Å². The first kappa shape index (κ1) is 21.3. The van der Waals surface area contributed by atoms with Crippen molar-refractivity contribution in [3.05, 3.63) is 95.6 Å². The molecule has 1 heterocycles. The second-order valence-electron chi connectivity index (χ2n) is 8.93. The van der Waals surface area contributed by atoms with Crippen LogP contribution in [0.1, 0.15) is 35.4 Å². The molecule has 0 spiro atoms. The van der Waals surface area contributed by atoms with Gasteiger partial charge in [0, 0.05) is 12.5 Å². The number of carbonyl (C=O) groups is 2. The van der Waals surface area contributed by atoms with Crippen LogP contribution in [0.4, 0.5) is 4.79 Å². The Morgan fingerprint density at radius 2 is 1.48 bits per heavy atom. The average Bonchev–Trinajstić information content (AvgIpc) is 3.17. The molecule has 1 aliphatic heterocycles. The molecule has 2 atom stereocenters. The van der Waals surface area contributed by atoms with Crippen LogP contribution in [0.3, 0.4) is 0 Å². The molecule has 0 unspecified atom stereocenters. The Kier molecular flexibility index (Phi) is 5.86. The predicted octanol–water partition coefficient (Wildman–Crippen LogP) is 5.34. The zero-order valence-corrected chi connectivity index (χ0v) is 18.4. The number of hydrogen-bond acceptors (Lipinski definition) is 3. The minimum atomic E-state index is -0.971. The van der Waals surface area contributed by atoms with Crippen LogP contribution in [0.15, 0.2) is 78.9 Å². The number of benzene rings is 3. The molecule has 3 aromatic carbocycles. The van der Waals surface area contributed by atoms with E-state index in [1.165, 1.54) is 21.6 Å². The maximum absolute atomic E-state index is 13.0. The number of carbonyl (C=O) groups excluding carboxylic acids is 1. The second-order valence-corrected chi connectivity index (χ2v) is 8.93. The molecular weight excluding hydrogens is 414 g/mol. The van der Waals surface area contributed by atoms with E-state index in [1.54, 1.807) is 0 Å². The zero-order valence-electron chi connectivity index (χ0n) is 18.4. The van der Waals surface area contributed by atoms with Crippen molar-refractivity contribution < 1.29 is 19.4 Å². The van der Waals surface area contributed by atoms with Crippen LogP contribution in [0.2, 0.25) is 0 Å². The molecule has 0 bridgehead atoms. The second kappa shape index (κ2) is 9.10. The molecule has 1 aliphatic carbocycles. The fourth-order valence-corrected chi connectivity index (χ4v) is 5.30. The molecule has 1 amide bonds. The number of hydrogen-bond donors (Lipinski definition) is 1. The molecular formula is C28H27NO4. The van der Waals surface area contributed by atoms with E-state index < -0.39 is 18.1 Å². The summed E-state index contributed by atoms with van der Waals surface area (Å²) in [7, 11) is 0. The number of amides is 1. The van der Waals surface area contributed by atoms with Crippen LogP contribution >= 0.6 is 0 Å². The molecule has 1 saturated heterocycles. The van der Waals surface area contributed by atoms with Gasteiger partial charge < -0.3 is 9.84 Å². The van der Waals surface area contributed by atoms with E-state index in [1.807, 2.05) is 42.5 Å². The van der Waals surface area contributed by atoms with Crippen LogP contribution in [0.25, 0.3) is 11.1 Å². The number of carboxylic acids is 1. The Hall–Kier alpha value is -3.60. The first-order valence-electron chi connectivity index (χ1n) is 11.5. The standard InChI is InChI=1S/C28H27NO4/c30-27(31)26-17-20(16-19-8-2-1-3-9-19)14-15-29(26)28(32)33-18-25-23-12-6-4-10-21(23)22-11-5-7-13-24(22)25/h1-13,20,25-26H,14-18H2,(H,30,31)/t20-,26-/m0/s1. The van der Waals surface area contributed by atoms with Gasteiger partial charge in [-0.05, 0) is 53.0 Å². The minimum absolute atomic E-state index is 0.0414. The molecule has 2 aliphatic rings. The number of aliphatic carboxylic acids is 1. The Balaban J connectivity index is 1.27. The molecule has 5 heteroatoms. The van der Waals surface area contributed by atoms with Crippen LogP contribution in [-0.4, -0.2) is 41.3 Å². The lowest BCUT2D eigenvalue weighted by Gasteiger charge is -2.36. The fraction of sp³-hybridized carbons (Fsp3) is 0.286. The third-order valence-electron chi connectivity index (χ3n) is 6.93. The molecule has 5 nitrogen and oxygen atoms in total. The number of nitrogens with zero attached hydrogens (tertiary/aromatic N) is 1. The van der Waals surface area contributed by atoms with Crippen molar-refractivity contribution in [2.24, 2.45) is 5.92 Å². The van der Waals surface area contributed by atoms with Crippen LogP contribution in [-0.2, 0) is 16.0 Å². The van der Waals surface area contributed by atoms with Gasteiger partial charge in [-0.15, -0.1) is 0 Å². The molecule has 1 fully saturated rings. The molecule has 0 radical (unpaired) electrons. The number of ether oxygens (including phenoxy) is 1. The summed E-state index contributed by atoms with van der Waals surface area (Å²) in [6, 6.07) is 25.6. The summed E-state index contributed by atoms with van der Waals surface area (Å²) in [5.74, 6) is -0.785. The van der Waals surface area contributed by atoms with E-state index in [0.29, 0.717) is 13.0 Å². The van der Waals surface area contributed by atoms with E-state index in [9.17, 15) is 14.7 Å². The number of piperidine rings is 1. The maximum Gasteiger partial charge on any atom is 0.410 e. The summed E-state index contributed by atoms with van der Waals surface area (Å²) in [4.78, 5) is 26.4. The van der Waals surface area contributed by atoms with Crippen molar-refractivity contribution >= 4 is 12.1 Å². The van der Waals surface area contributed by atoms with Crippen molar-refractivity contribution in [3.8, 4) is 11.1 Å². The van der Waals surface area contributed by atoms with Gasteiger partial charge in [0.05, 0.1) is 0 Å². The van der Waals surface area contributed by atoms with Gasteiger partial charge >= 0.3 is 12.1 Å². The zero-order chi connectivity index (χ0) is 22.8. The van der Waals surface area contributed by atoms with Gasteiger partial charge in [0.1, 0.15) is 12.6 Å². The third kappa shape index (κ3) is 4.23. The smallest absolute Gasteiger partial charge is 0.410 e. The summed E-state index contributed by atoms with van der Waals surface area (Å²) < 4.78 is 5.74. The largest absolute Gasteiger partial charge is 0.480 e. The van der Waals surface area contributed by atoms with E-state index >= 15 is 0 Å². The fourth-order valence-electron chi connectivity index (χ4n) is 5.30. The Morgan fingerprint density at radius 3 is 2.12 bits per heavy atom. The lowest BCUT2D eigenvalue weighted by molar-refractivity contribution is -0.144. The summed E-state index contributed by atoms with van der Waals surface area (Å²) in [5, 5.41) is 9.83. The van der Waals surface area contributed by atoms with Crippen LogP contribution < -0.4 is 0 Å². The van der Waals surface area contributed by atoms with Gasteiger partial charge in [-0.25, -0.2) is 9.59 Å². The van der Waals surface area contributed by atoms with E-state index in [-0.39, 0.29) is 18.4 Å². The van der Waals surface area contributed by atoms with Gasteiger partial charge in [0.2, 0.25) is 0 Å². The monoisotopic (exact) mass is 441 g/mol. The quantitative estimate of drug-likeness (QED) is 0.580. The lowest BCUT2D eigenvalue weighted by Crippen LogP contribution is -2.50. The summed E-state index contributed by atoms with van der Waals surface area (Å²) in [6.45, 7) is 0.592. The Labute approximate surface area is 193 Å². The van der Waals surface area contributed by atoms with E-state index in [0.717, 1.165) is 24.0 Å². The van der Waals surface area contributed by atoms with Crippen molar-refractivity contribution in [2.45, 2.75) is 31.2 Å². The molecule has 5 rings (SSSR count). The predicted molar refractivity (Wildman–Crippen MR) is 126 cm³/mol. The highest BCUT2D eigenvalue weighted by atomic mass is 16.6. The van der Waals surface area contributed by atoms with Gasteiger partial charge in [-0.3, -0.25) is 4.90 Å². The molecule has 0 aromatic heterocycles. The average molecular weight is 442 g/mol. The molecule has 168 valence electrons. The summed E-state index contributed by atoms with van der Waals surface area (Å²) in [6.07, 6.45) is 1.49. The highest BCUT2D eigenvalue weighted by Gasteiger charge is 2.38. The van der Waals surface area contributed by atoms with Crippen molar-refractivity contribution in [2.75, 3.05) is 13.2 Å².